The number of nitrogens with one attached hydrogen (secondary N) is 2. The Balaban J connectivity index is 1.40. The minimum absolute atomic E-state index is 0.0493. The Morgan fingerprint density at radius 2 is 1.53 bits per heavy atom. The maximum Gasteiger partial charge on any atom is 0.251 e. The van der Waals surface area contributed by atoms with Crippen molar-refractivity contribution in [2.75, 3.05) is 23.1 Å². The molecular weight excluding hydrogens is 450 g/mol. The third kappa shape index (κ3) is 5.63. The first-order valence-corrected chi connectivity index (χ1v) is 12.8. The highest BCUT2D eigenvalue weighted by Crippen LogP contribution is 2.29. The summed E-state index contributed by atoms with van der Waals surface area (Å²) in [6.45, 7) is 0.353. The standard InChI is InChI=1S/C26H27N3O4S/c30-25(22-12-5-2-6-13-22)28-23(19-20-9-3-1-4-10-20)26(31)27-16-18-34(32,33)29-17-15-21-11-7-8-14-24(21)29/h1-14,23H,15-19H2,(H,27,31)(H,28,30). The molecule has 7 nitrogen and oxygen atoms in total. The molecule has 0 bridgehead atoms. The lowest BCUT2D eigenvalue weighted by molar-refractivity contribution is -0.122. The van der Waals surface area contributed by atoms with Gasteiger partial charge >= 0.3 is 0 Å². The summed E-state index contributed by atoms with van der Waals surface area (Å²) in [6, 6.07) is 24.6. The molecule has 0 radical (unpaired) electrons. The second-order valence-corrected chi connectivity index (χ2v) is 10.2. The van der Waals surface area contributed by atoms with Crippen LogP contribution in [0.1, 0.15) is 21.5 Å². The van der Waals surface area contributed by atoms with Crippen LogP contribution in [0.3, 0.4) is 0 Å². The zero-order valence-corrected chi connectivity index (χ0v) is 19.5. The summed E-state index contributed by atoms with van der Waals surface area (Å²) < 4.78 is 27.2. The van der Waals surface area contributed by atoms with E-state index in [9.17, 15) is 18.0 Å². The predicted molar refractivity (Wildman–Crippen MR) is 132 cm³/mol. The first-order valence-electron chi connectivity index (χ1n) is 11.2. The van der Waals surface area contributed by atoms with E-state index < -0.39 is 22.0 Å². The van der Waals surface area contributed by atoms with Crippen LogP contribution in [0.15, 0.2) is 84.9 Å². The molecule has 2 N–H and O–H groups in total. The molecule has 0 spiro atoms. The van der Waals surface area contributed by atoms with Gasteiger partial charge in [0.1, 0.15) is 6.04 Å². The largest absolute Gasteiger partial charge is 0.353 e. The van der Waals surface area contributed by atoms with Crippen LogP contribution in [0, 0.1) is 0 Å². The first kappa shape index (κ1) is 23.5. The SMILES string of the molecule is O=C(NC(Cc1ccccc1)C(=O)NCCS(=O)(=O)N1CCc2ccccc21)c1ccccc1. The van der Waals surface area contributed by atoms with E-state index in [4.69, 9.17) is 0 Å². The van der Waals surface area contributed by atoms with Crippen molar-refractivity contribution >= 4 is 27.5 Å². The van der Waals surface area contributed by atoms with Crippen LogP contribution in [0.2, 0.25) is 0 Å². The third-order valence-corrected chi connectivity index (χ3v) is 7.55. The molecule has 1 atom stereocenters. The lowest BCUT2D eigenvalue weighted by Crippen LogP contribution is -2.49. The molecule has 8 heteroatoms. The molecule has 0 aromatic heterocycles. The minimum Gasteiger partial charge on any atom is -0.353 e. The molecule has 0 saturated carbocycles. The molecule has 34 heavy (non-hydrogen) atoms. The highest BCUT2D eigenvalue weighted by Gasteiger charge is 2.29. The van der Waals surface area contributed by atoms with Crippen LogP contribution in [-0.2, 0) is 27.7 Å². The Hall–Kier alpha value is -3.65. The molecular formula is C26H27N3O4S. The topological polar surface area (TPSA) is 95.6 Å². The number of nitrogens with zero attached hydrogens (tertiary/aromatic N) is 1. The van der Waals surface area contributed by atoms with E-state index in [1.807, 2.05) is 54.6 Å². The molecule has 3 aromatic carbocycles. The number of rotatable bonds is 9. The fourth-order valence-corrected chi connectivity index (χ4v) is 5.45. The fourth-order valence-electron chi connectivity index (χ4n) is 4.02. The van der Waals surface area contributed by atoms with Gasteiger partial charge in [0.25, 0.3) is 5.91 Å². The van der Waals surface area contributed by atoms with Gasteiger partial charge in [-0.1, -0.05) is 66.7 Å². The van der Waals surface area contributed by atoms with E-state index in [1.165, 1.54) is 4.31 Å². The predicted octanol–water partition coefficient (Wildman–Crippen LogP) is 2.54. The normalized spacial score (nSPS) is 13.7. The van der Waals surface area contributed by atoms with Crippen LogP contribution in [0.4, 0.5) is 5.69 Å². The second kappa shape index (κ2) is 10.5. The lowest BCUT2D eigenvalue weighted by Gasteiger charge is -2.21. The summed E-state index contributed by atoms with van der Waals surface area (Å²) in [5.41, 5.74) is 3.04. The van der Waals surface area contributed by atoms with Crippen molar-refractivity contribution in [1.29, 1.82) is 0 Å². The molecule has 4 rings (SSSR count). The number of para-hydroxylation sites is 1. The smallest absolute Gasteiger partial charge is 0.251 e. The van der Waals surface area contributed by atoms with Crippen LogP contribution >= 0.6 is 0 Å². The van der Waals surface area contributed by atoms with E-state index in [0.717, 1.165) is 11.1 Å². The van der Waals surface area contributed by atoms with Crippen molar-refractivity contribution in [3.8, 4) is 0 Å². The Labute approximate surface area is 199 Å². The van der Waals surface area contributed by atoms with Gasteiger partial charge in [0.05, 0.1) is 11.4 Å². The number of carbonyl (C=O) groups is 2. The van der Waals surface area contributed by atoms with E-state index in [1.54, 1.807) is 30.3 Å². The van der Waals surface area contributed by atoms with Crippen molar-refractivity contribution in [1.82, 2.24) is 10.6 Å². The van der Waals surface area contributed by atoms with Crippen molar-refractivity contribution < 1.29 is 18.0 Å². The molecule has 0 aliphatic carbocycles. The molecule has 1 heterocycles. The summed E-state index contributed by atoms with van der Waals surface area (Å²) in [4.78, 5) is 25.7. The minimum atomic E-state index is -3.59. The lowest BCUT2D eigenvalue weighted by atomic mass is 10.0. The number of sulfonamides is 1. The van der Waals surface area contributed by atoms with Gasteiger partial charge in [-0.15, -0.1) is 0 Å². The molecule has 1 unspecified atom stereocenters. The number of carbonyl (C=O) groups excluding carboxylic acids is 2. The van der Waals surface area contributed by atoms with Crippen LogP contribution in [0.25, 0.3) is 0 Å². The van der Waals surface area contributed by atoms with Gasteiger partial charge in [0.15, 0.2) is 0 Å². The maximum absolute atomic E-state index is 13.0. The van der Waals surface area contributed by atoms with Crippen molar-refractivity contribution in [2.45, 2.75) is 18.9 Å². The molecule has 3 aromatic rings. The van der Waals surface area contributed by atoms with E-state index in [-0.39, 0.29) is 24.6 Å². The number of hydrogen-bond acceptors (Lipinski definition) is 4. The number of benzene rings is 3. The van der Waals surface area contributed by atoms with Crippen LogP contribution in [0.5, 0.6) is 0 Å². The number of anilines is 1. The van der Waals surface area contributed by atoms with E-state index in [2.05, 4.69) is 10.6 Å². The van der Waals surface area contributed by atoms with Gasteiger partial charge in [-0.25, -0.2) is 8.42 Å². The summed E-state index contributed by atoms with van der Waals surface area (Å²) in [5.74, 6) is -1.01. The molecule has 2 amide bonds. The average Bonchev–Trinajstić information content (AvgIpc) is 3.30. The monoisotopic (exact) mass is 477 g/mol. The van der Waals surface area contributed by atoms with Gasteiger partial charge in [-0.2, -0.15) is 0 Å². The maximum atomic E-state index is 13.0. The molecule has 1 aliphatic rings. The van der Waals surface area contributed by atoms with Gasteiger partial charge in [-0.3, -0.25) is 13.9 Å². The van der Waals surface area contributed by atoms with E-state index >= 15 is 0 Å². The quantitative estimate of drug-likeness (QED) is 0.495. The van der Waals surface area contributed by atoms with Gasteiger partial charge in [0.2, 0.25) is 15.9 Å². The highest BCUT2D eigenvalue weighted by molar-refractivity contribution is 7.92. The fraction of sp³-hybridized carbons (Fsp3) is 0.231. The Kier molecular flexibility index (Phi) is 7.27. The van der Waals surface area contributed by atoms with E-state index in [0.29, 0.717) is 24.2 Å². The Bertz CT molecular complexity index is 1250. The molecule has 1 aliphatic heterocycles. The van der Waals surface area contributed by atoms with Crippen molar-refractivity contribution in [3.63, 3.8) is 0 Å². The number of hydrogen-bond donors (Lipinski definition) is 2. The summed E-state index contributed by atoms with van der Waals surface area (Å²) in [6.07, 6.45) is 0.962. The first-order chi connectivity index (χ1) is 16.4. The summed E-state index contributed by atoms with van der Waals surface area (Å²) in [5, 5.41) is 5.49. The van der Waals surface area contributed by atoms with Crippen molar-refractivity contribution in [3.05, 3.63) is 102 Å². The summed E-state index contributed by atoms with van der Waals surface area (Å²) in [7, 11) is -3.59. The molecule has 0 fully saturated rings. The van der Waals surface area contributed by atoms with Gasteiger partial charge in [0, 0.05) is 25.1 Å². The number of amides is 2. The highest BCUT2D eigenvalue weighted by atomic mass is 32.2. The summed E-state index contributed by atoms with van der Waals surface area (Å²) >= 11 is 0. The Morgan fingerprint density at radius 1 is 0.882 bits per heavy atom. The third-order valence-electron chi connectivity index (χ3n) is 5.78. The number of fused-ring (bicyclic) bond motifs is 1. The zero-order chi connectivity index (χ0) is 24.0. The van der Waals surface area contributed by atoms with Crippen molar-refractivity contribution in [2.24, 2.45) is 0 Å². The second-order valence-electron chi connectivity index (χ2n) is 8.14. The Morgan fingerprint density at radius 3 is 2.26 bits per heavy atom. The zero-order valence-electron chi connectivity index (χ0n) is 18.7. The molecule has 176 valence electrons. The van der Waals surface area contributed by atoms with Gasteiger partial charge < -0.3 is 10.6 Å². The van der Waals surface area contributed by atoms with Gasteiger partial charge in [-0.05, 0) is 35.7 Å². The van der Waals surface area contributed by atoms with Crippen LogP contribution < -0.4 is 14.9 Å². The molecule has 0 saturated heterocycles. The van der Waals surface area contributed by atoms with Crippen LogP contribution in [-0.4, -0.2) is 45.1 Å². The average molecular weight is 478 g/mol.